The van der Waals surface area contributed by atoms with Crippen LogP contribution in [-0.4, -0.2) is 17.1 Å². The van der Waals surface area contributed by atoms with E-state index < -0.39 is 12.0 Å². The van der Waals surface area contributed by atoms with Crippen LogP contribution in [0.4, 0.5) is 5.69 Å². The Morgan fingerprint density at radius 3 is 2.33 bits per heavy atom. The van der Waals surface area contributed by atoms with Crippen molar-refractivity contribution < 1.29 is 9.90 Å². The van der Waals surface area contributed by atoms with E-state index in [0.717, 1.165) is 18.5 Å². The van der Waals surface area contributed by atoms with E-state index >= 15 is 0 Å². The number of hydrogen-bond acceptors (Lipinski definition) is 2. The molecule has 0 aromatic heterocycles. The third kappa shape index (κ3) is 4.40. The molecule has 3 nitrogen and oxygen atoms in total. The van der Waals surface area contributed by atoms with Crippen molar-refractivity contribution in [3.63, 3.8) is 0 Å². The minimum absolute atomic E-state index is 0.491. The lowest BCUT2D eigenvalue weighted by atomic mass is 10.0. The molecule has 0 saturated carbocycles. The summed E-state index contributed by atoms with van der Waals surface area (Å²) in [5.74, 6) is -0.286. The number of rotatable bonds is 7. The average molecular weight is 249 g/mol. The van der Waals surface area contributed by atoms with Crippen LogP contribution in [0.5, 0.6) is 0 Å². The fourth-order valence-electron chi connectivity index (χ4n) is 1.83. The summed E-state index contributed by atoms with van der Waals surface area (Å²) >= 11 is 0. The second-order valence-corrected chi connectivity index (χ2v) is 4.95. The summed E-state index contributed by atoms with van der Waals surface area (Å²) in [5.41, 5.74) is 2.14. The molecule has 1 unspecified atom stereocenters. The summed E-state index contributed by atoms with van der Waals surface area (Å²) < 4.78 is 0. The molecule has 1 aromatic carbocycles. The second-order valence-electron chi connectivity index (χ2n) is 4.95. The van der Waals surface area contributed by atoms with Crippen LogP contribution in [0.15, 0.2) is 24.3 Å². The van der Waals surface area contributed by atoms with Gasteiger partial charge in [-0.25, -0.2) is 4.79 Å². The molecule has 0 heterocycles. The van der Waals surface area contributed by atoms with Gasteiger partial charge in [0.1, 0.15) is 6.04 Å². The summed E-state index contributed by atoms with van der Waals surface area (Å²) in [7, 11) is 0. The molecule has 0 radical (unpaired) electrons. The number of benzene rings is 1. The quantitative estimate of drug-likeness (QED) is 0.771. The van der Waals surface area contributed by atoms with E-state index in [1.165, 1.54) is 5.56 Å². The highest BCUT2D eigenvalue weighted by Gasteiger charge is 2.16. The molecule has 0 fully saturated rings. The van der Waals surface area contributed by atoms with E-state index in [-0.39, 0.29) is 0 Å². The van der Waals surface area contributed by atoms with Crippen molar-refractivity contribution in [3.05, 3.63) is 29.8 Å². The molecule has 0 aliphatic heterocycles. The van der Waals surface area contributed by atoms with Gasteiger partial charge in [-0.3, -0.25) is 0 Å². The number of hydrogen-bond donors (Lipinski definition) is 2. The number of anilines is 1. The number of nitrogens with one attached hydrogen (secondary N) is 1. The molecule has 0 bridgehead atoms. The van der Waals surface area contributed by atoms with E-state index in [0.29, 0.717) is 12.3 Å². The van der Waals surface area contributed by atoms with Gasteiger partial charge in [0.05, 0.1) is 0 Å². The summed E-state index contributed by atoms with van der Waals surface area (Å²) in [6.45, 7) is 6.35. The highest BCUT2D eigenvalue weighted by atomic mass is 16.4. The molecule has 1 atom stereocenters. The van der Waals surface area contributed by atoms with Crippen LogP contribution in [0.2, 0.25) is 0 Å². The van der Waals surface area contributed by atoms with Gasteiger partial charge < -0.3 is 10.4 Å². The summed E-state index contributed by atoms with van der Waals surface area (Å²) in [6.07, 6.45) is 2.60. The van der Waals surface area contributed by atoms with Crippen molar-refractivity contribution >= 4 is 11.7 Å². The summed E-state index contributed by atoms with van der Waals surface area (Å²) in [5, 5.41) is 12.2. The molecule has 1 aromatic rings. The van der Waals surface area contributed by atoms with Gasteiger partial charge in [0, 0.05) is 5.69 Å². The van der Waals surface area contributed by atoms with Gasteiger partial charge in [-0.1, -0.05) is 45.7 Å². The number of unbranched alkanes of at least 4 members (excludes halogenated alkanes) is 1. The lowest BCUT2D eigenvalue weighted by molar-refractivity contribution is -0.138. The van der Waals surface area contributed by atoms with Crippen LogP contribution in [-0.2, 0) is 4.79 Å². The van der Waals surface area contributed by atoms with E-state index in [2.05, 4.69) is 26.1 Å². The van der Waals surface area contributed by atoms with Gasteiger partial charge in [-0.15, -0.1) is 0 Å². The van der Waals surface area contributed by atoms with Crippen molar-refractivity contribution in [2.75, 3.05) is 5.32 Å². The van der Waals surface area contributed by atoms with Crippen LogP contribution < -0.4 is 5.32 Å². The molecule has 100 valence electrons. The van der Waals surface area contributed by atoms with E-state index in [1.54, 1.807) is 0 Å². The summed E-state index contributed by atoms with van der Waals surface area (Å²) in [4.78, 5) is 11.1. The monoisotopic (exact) mass is 249 g/mol. The molecular weight excluding hydrogens is 226 g/mol. The third-order valence-corrected chi connectivity index (χ3v) is 3.06. The molecule has 0 aliphatic carbocycles. The van der Waals surface area contributed by atoms with Crippen LogP contribution in [0.1, 0.15) is 51.5 Å². The first-order valence-corrected chi connectivity index (χ1v) is 6.64. The maximum absolute atomic E-state index is 11.1. The lowest BCUT2D eigenvalue weighted by Gasteiger charge is -2.16. The smallest absolute Gasteiger partial charge is 0.326 e. The van der Waals surface area contributed by atoms with E-state index in [4.69, 9.17) is 5.11 Å². The maximum Gasteiger partial charge on any atom is 0.326 e. The highest BCUT2D eigenvalue weighted by molar-refractivity contribution is 5.77. The Bertz CT molecular complexity index is 371. The Kier molecular flexibility index (Phi) is 5.69. The zero-order valence-corrected chi connectivity index (χ0v) is 11.4. The second kappa shape index (κ2) is 7.04. The topological polar surface area (TPSA) is 49.3 Å². The molecule has 0 spiro atoms. The lowest BCUT2D eigenvalue weighted by Crippen LogP contribution is -2.29. The molecule has 2 N–H and O–H groups in total. The number of carboxylic acid groups (broad SMARTS) is 1. The highest BCUT2D eigenvalue weighted by Crippen LogP contribution is 2.18. The molecule has 0 amide bonds. The SMILES string of the molecule is CCCCC(Nc1ccc(C(C)C)cc1)C(=O)O. The van der Waals surface area contributed by atoms with Crippen LogP contribution >= 0.6 is 0 Å². The molecule has 1 rings (SSSR count). The van der Waals surface area contributed by atoms with E-state index in [1.807, 2.05) is 24.3 Å². The average Bonchev–Trinajstić information content (AvgIpc) is 2.34. The molecule has 18 heavy (non-hydrogen) atoms. The maximum atomic E-state index is 11.1. The Labute approximate surface area is 109 Å². The van der Waals surface area contributed by atoms with Crippen molar-refractivity contribution in [1.82, 2.24) is 0 Å². The van der Waals surface area contributed by atoms with Gasteiger partial charge in [-0.2, -0.15) is 0 Å². The first-order chi connectivity index (χ1) is 8.54. The first-order valence-electron chi connectivity index (χ1n) is 6.64. The minimum atomic E-state index is -0.781. The van der Waals surface area contributed by atoms with Gasteiger partial charge in [-0.05, 0) is 30.0 Å². The number of aliphatic carboxylic acids is 1. The zero-order chi connectivity index (χ0) is 13.5. The Balaban J connectivity index is 2.66. The molecule has 3 heteroatoms. The first kappa shape index (κ1) is 14.6. The van der Waals surface area contributed by atoms with Crippen LogP contribution in [0.25, 0.3) is 0 Å². The predicted octanol–water partition coefficient (Wildman–Crippen LogP) is 3.87. The third-order valence-electron chi connectivity index (χ3n) is 3.06. The molecular formula is C15H23NO2. The largest absolute Gasteiger partial charge is 0.480 e. The normalized spacial score (nSPS) is 12.4. The van der Waals surface area contributed by atoms with Crippen molar-refractivity contribution in [2.24, 2.45) is 0 Å². The standard InChI is InChI=1S/C15H23NO2/c1-4-5-6-14(15(17)18)16-13-9-7-12(8-10-13)11(2)3/h7-11,14,16H,4-6H2,1-3H3,(H,17,18). The van der Waals surface area contributed by atoms with Crippen LogP contribution in [0, 0.1) is 0 Å². The van der Waals surface area contributed by atoms with Gasteiger partial charge >= 0.3 is 5.97 Å². The Morgan fingerprint density at radius 1 is 1.28 bits per heavy atom. The fourth-order valence-corrected chi connectivity index (χ4v) is 1.83. The Morgan fingerprint density at radius 2 is 1.89 bits per heavy atom. The molecule has 0 saturated heterocycles. The zero-order valence-electron chi connectivity index (χ0n) is 11.4. The van der Waals surface area contributed by atoms with Crippen molar-refractivity contribution in [3.8, 4) is 0 Å². The fraction of sp³-hybridized carbons (Fsp3) is 0.533. The van der Waals surface area contributed by atoms with Gasteiger partial charge in [0.15, 0.2) is 0 Å². The number of carbonyl (C=O) groups is 1. The van der Waals surface area contributed by atoms with Gasteiger partial charge in [0.25, 0.3) is 0 Å². The summed E-state index contributed by atoms with van der Waals surface area (Å²) in [6, 6.07) is 7.51. The van der Waals surface area contributed by atoms with Crippen LogP contribution in [0.3, 0.4) is 0 Å². The minimum Gasteiger partial charge on any atom is -0.480 e. The Hall–Kier alpha value is -1.51. The van der Waals surface area contributed by atoms with Gasteiger partial charge in [0.2, 0.25) is 0 Å². The van der Waals surface area contributed by atoms with Crippen molar-refractivity contribution in [2.45, 2.75) is 52.0 Å². The van der Waals surface area contributed by atoms with E-state index in [9.17, 15) is 4.79 Å². The predicted molar refractivity (Wildman–Crippen MR) is 75.1 cm³/mol. The molecule has 0 aliphatic rings. The number of carboxylic acids is 1. The van der Waals surface area contributed by atoms with Crippen molar-refractivity contribution in [1.29, 1.82) is 0 Å².